The fraction of sp³-hybridized carbons (Fsp3) is 0.174. The van der Waals surface area contributed by atoms with Gasteiger partial charge in [0.15, 0.2) is 0 Å². The van der Waals surface area contributed by atoms with Gasteiger partial charge < -0.3 is 5.32 Å². The average molecular weight is 487 g/mol. The van der Waals surface area contributed by atoms with Crippen LogP contribution in [0.3, 0.4) is 0 Å². The molecule has 0 unspecified atom stereocenters. The van der Waals surface area contributed by atoms with E-state index >= 15 is 0 Å². The minimum atomic E-state index is -3.88. The lowest BCUT2D eigenvalue weighted by Gasteiger charge is -2.23. The number of carbonyl (C=O) groups is 1. The molecule has 0 saturated heterocycles. The summed E-state index contributed by atoms with van der Waals surface area (Å²) in [5.41, 5.74) is 2.89. The second-order valence-electron chi connectivity index (χ2n) is 7.09. The number of carbonyl (C=O) groups excluding carboxylic acids is 1. The molecule has 0 aliphatic rings. The molecule has 0 aromatic heterocycles. The Kier molecular flexibility index (Phi) is 7.07. The van der Waals surface area contributed by atoms with Crippen molar-refractivity contribution in [1.29, 1.82) is 0 Å². The van der Waals surface area contributed by atoms with E-state index < -0.39 is 15.9 Å². The highest BCUT2D eigenvalue weighted by molar-refractivity contribution is 9.10. The number of nitrogens with one attached hydrogen (secondary N) is 1. The Morgan fingerprint density at radius 2 is 1.70 bits per heavy atom. The molecule has 3 rings (SSSR count). The molecule has 0 spiro atoms. The second-order valence-corrected chi connectivity index (χ2v) is 9.91. The number of aryl methyl sites for hydroxylation is 2. The predicted octanol–water partition coefficient (Wildman–Crippen LogP) is 4.90. The highest BCUT2D eigenvalue weighted by atomic mass is 79.9. The lowest BCUT2D eigenvalue weighted by Crippen LogP contribution is -2.37. The maximum absolute atomic E-state index is 13.5. The number of amides is 1. The Morgan fingerprint density at radius 3 is 2.40 bits per heavy atom. The molecule has 1 amide bonds. The van der Waals surface area contributed by atoms with Crippen molar-refractivity contribution in [2.75, 3.05) is 11.9 Å². The molecule has 0 aliphatic carbocycles. The molecule has 30 heavy (non-hydrogen) atoms. The fourth-order valence-corrected chi connectivity index (χ4v) is 5.16. The van der Waals surface area contributed by atoms with Gasteiger partial charge in [-0.1, -0.05) is 64.5 Å². The molecule has 3 aromatic rings. The van der Waals surface area contributed by atoms with Crippen LogP contribution in [-0.2, 0) is 21.4 Å². The molecule has 7 heteroatoms. The molecule has 5 nitrogen and oxygen atoms in total. The third kappa shape index (κ3) is 5.56. The van der Waals surface area contributed by atoms with E-state index in [9.17, 15) is 13.2 Å². The largest absolute Gasteiger partial charge is 0.325 e. The second kappa shape index (κ2) is 9.55. The Bertz CT molecular complexity index is 1150. The van der Waals surface area contributed by atoms with Gasteiger partial charge in [-0.15, -0.1) is 0 Å². The number of anilines is 1. The number of nitrogens with zero attached hydrogens (tertiary/aromatic N) is 1. The van der Waals surface area contributed by atoms with Crippen molar-refractivity contribution in [3.05, 3.63) is 94.0 Å². The number of hydrogen-bond donors (Lipinski definition) is 1. The van der Waals surface area contributed by atoms with Crippen molar-refractivity contribution in [2.45, 2.75) is 25.3 Å². The van der Waals surface area contributed by atoms with Gasteiger partial charge in [-0.2, -0.15) is 4.31 Å². The summed E-state index contributed by atoms with van der Waals surface area (Å²) in [5, 5.41) is 2.77. The van der Waals surface area contributed by atoms with E-state index in [0.29, 0.717) is 11.3 Å². The number of hydrogen-bond acceptors (Lipinski definition) is 3. The van der Waals surface area contributed by atoms with Crippen LogP contribution in [0.25, 0.3) is 0 Å². The normalized spacial score (nSPS) is 11.5. The molecule has 0 aliphatic heterocycles. The SMILES string of the molecule is Cc1ccc(C)c(S(=O)(=O)N(CC(=O)Nc2cccc(Br)c2)Cc2ccccc2)c1. The molecular weight excluding hydrogens is 464 g/mol. The van der Waals surface area contributed by atoms with E-state index in [4.69, 9.17) is 0 Å². The Hall–Kier alpha value is -2.48. The summed E-state index contributed by atoms with van der Waals surface area (Å²) in [5.74, 6) is -0.405. The van der Waals surface area contributed by atoms with E-state index in [1.54, 1.807) is 37.3 Å². The van der Waals surface area contributed by atoms with Crippen LogP contribution in [0.5, 0.6) is 0 Å². The van der Waals surface area contributed by atoms with Gasteiger partial charge in [-0.25, -0.2) is 8.42 Å². The van der Waals surface area contributed by atoms with Crippen LogP contribution < -0.4 is 5.32 Å². The van der Waals surface area contributed by atoms with Crippen molar-refractivity contribution < 1.29 is 13.2 Å². The molecule has 156 valence electrons. The molecule has 0 bridgehead atoms. The first kappa shape index (κ1) is 22.2. The summed E-state index contributed by atoms with van der Waals surface area (Å²) in [6, 6.07) is 21.7. The van der Waals surface area contributed by atoms with Crippen LogP contribution in [0.1, 0.15) is 16.7 Å². The molecule has 1 N–H and O–H groups in total. The molecular formula is C23H23BrN2O3S. The number of benzene rings is 3. The van der Waals surface area contributed by atoms with E-state index in [1.165, 1.54) is 4.31 Å². The standard InChI is InChI=1S/C23H23BrN2O3S/c1-17-11-12-18(2)22(13-17)30(28,29)26(15-19-7-4-3-5-8-19)16-23(27)25-21-10-6-9-20(24)14-21/h3-14H,15-16H2,1-2H3,(H,25,27). The molecule has 3 aromatic carbocycles. The first-order valence-corrected chi connectivity index (χ1v) is 11.7. The minimum absolute atomic E-state index is 0.0997. The van der Waals surface area contributed by atoms with Crippen LogP contribution in [0.2, 0.25) is 0 Å². The molecule has 0 atom stereocenters. The smallest absolute Gasteiger partial charge is 0.244 e. The zero-order valence-electron chi connectivity index (χ0n) is 16.8. The van der Waals surface area contributed by atoms with Crippen LogP contribution in [0.15, 0.2) is 82.2 Å². The number of rotatable bonds is 7. The van der Waals surface area contributed by atoms with E-state index in [1.807, 2.05) is 49.4 Å². The first-order valence-electron chi connectivity index (χ1n) is 9.42. The van der Waals surface area contributed by atoms with Gasteiger partial charge in [0.1, 0.15) is 0 Å². The summed E-state index contributed by atoms with van der Waals surface area (Å²) in [7, 11) is -3.88. The monoisotopic (exact) mass is 486 g/mol. The van der Waals surface area contributed by atoms with E-state index in [-0.39, 0.29) is 18.0 Å². The molecule has 0 saturated carbocycles. The number of sulfonamides is 1. The lowest BCUT2D eigenvalue weighted by molar-refractivity contribution is -0.116. The summed E-state index contributed by atoms with van der Waals surface area (Å²) in [4.78, 5) is 12.9. The van der Waals surface area contributed by atoms with Gasteiger partial charge in [-0.05, 0) is 54.8 Å². The van der Waals surface area contributed by atoms with Gasteiger partial charge in [0, 0.05) is 16.7 Å². The third-order valence-corrected chi connectivity index (χ3v) is 7.02. The zero-order valence-corrected chi connectivity index (χ0v) is 19.2. The zero-order chi connectivity index (χ0) is 21.7. The highest BCUT2D eigenvalue weighted by Gasteiger charge is 2.28. The topological polar surface area (TPSA) is 66.5 Å². The summed E-state index contributed by atoms with van der Waals surface area (Å²) >= 11 is 3.37. The van der Waals surface area contributed by atoms with Crippen LogP contribution >= 0.6 is 15.9 Å². The van der Waals surface area contributed by atoms with Crippen molar-refractivity contribution >= 4 is 37.5 Å². The van der Waals surface area contributed by atoms with Crippen LogP contribution in [0, 0.1) is 13.8 Å². The highest BCUT2D eigenvalue weighted by Crippen LogP contribution is 2.23. The Balaban J connectivity index is 1.91. The first-order chi connectivity index (χ1) is 14.3. The lowest BCUT2D eigenvalue weighted by atomic mass is 10.2. The van der Waals surface area contributed by atoms with E-state index in [2.05, 4.69) is 21.2 Å². The summed E-state index contributed by atoms with van der Waals surface area (Å²) < 4.78 is 29.0. The van der Waals surface area contributed by atoms with Crippen molar-refractivity contribution in [3.8, 4) is 0 Å². The Morgan fingerprint density at radius 1 is 0.967 bits per heavy atom. The molecule has 0 heterocycles. The van der Waals surface area contributed by atoms with Gasteiger partial charge >= 0.3 is 0 Å². The predicted molar refractivity (Wildman–Crippen MR) is 123 cm³/mol. The minimum Gasteiger partial charge on any atom is -0.325 e. The Labute approximate surface area is 185 Å². The van der Waals surface area contributed by atoms with Gasteiger partial charge in [0.2, 0.25) is 15.9 Å². The van der Waals surface area contributed by atoms with Gasteiger partial charge in [0.25, 0.3) is 0 Å². The van der Waals surface area contributed by atoms with Crippen LogP contribution in [0.4, 0.5) is 5.69 Å². The van der Waals surface area contributed by atoms with Crippen LogP contribution in [-0.4, -0.2) is 25.2 Å². The molecule has 0 fully saturated rings. The van der Waals surface area contributed by atoms with E-state index in [0.717, 1.165) is 15.6 Å². The third-order valence-electron chi connectivity index (χ3n) is 4.59. The van der Waals surface area contributed by atoms with Crippen molar-refractivity contribution in [2.24, 2.45) is 0 Å². The summed E-state index contributed by atoms with van der Waals surface area (Å²) in [6.45, 7) is 3.41. The fourth-order valence-electron chi connectivity index (χ4n) is 3.06. The quantitative estimate of drug-likeness (QED) is 0.516. The average Bonchev–Trinajstić information content (AvgIpc) is 2.70. The maximum Gasteiger partial charge on any atom is 0.244 e. The number of halogens is 1. The van der Waals surface area contributed by atoms with Crippen molar-refractivity contribution in [3.63, 3.8) is 0 Å². The van der Waals surface area contributed by atoms with Gasteiger partial charge in [0.05, 0.1) is 11.4 Å². The van der Waals surface area contributed by atoms with Crippen molar-refractivity contribution in [1.82, 2.24) is 4.31 Å². The molecule has 0 radical (unpaired) electrons. The maximum atomic E-state index is 13.5. The summed E-state index contributed by atoms with van der Waals surface area (Å²) in [6.07, 6.45) is 0. The van der Waals surface area contributed by atoms with Gasteiger partial charge in [-0.3, -0.25) is 4.79 Å².